The van der Waals surface area contributed by atoms with Crippen LogP contribution >= 0.6 is 8.18 Å². The fraction of sp³-hybridized carbons (Fsp3) is 0.316. The molecule has 7 nitrogen and oxygen atoms in total. The molecule has 0 aliphatic heterocycles. The molecule has 2 rings (SSSR count). The molecule has 0 radical (unpaired) electrons. The van der Waals surface area contributed by atoms with Crippen LogP contribution in [0.25, 0.3) is 0 Å². The van der Waals surface area contributed by atoms with Gasteiger partial charge in [-0.2, -0.15) is 0 Å². The fourth-order valence-corrected chi connectivity index (χ4v) is 3.18. The Bertz CT molecular complexity index is 846. The van der Waals surface area contributed by atoms with Gasteiger partial charge in [0.25, 0.3) is 0 Å². The van der Waals surface area contributed by atoms with E-state index in [4.69, 9.17) is 14.1 Å². The van der Waals surface area contributed by atoms with E-state index in [-0.39, 0.29) is 5.75 Å². The lowest BCUT2D eigenvalue weighted by atomic mass is 10.3. The topological polar surface area (TPSA) is 74.3 Å². The Balaban J connectivity index is 2.16. The van der Waals surface area contributed by atoms with E-state index in [1.165, 1.54) is 6.92 Å². The van der Waals surface area contributed by atoms with E-state index < -0.39 is 38.4 Å². The number of nitrogens with zero attached hydrogens (tertiary/aromatic N) is 1. The van der Waals surface area contributed by atoms with Crippen LogP contribution in [0.5, 0.6) is 17.2 Å². The van der Waals surface area contributed by atoms with Crippen molar-refractivity contribution in [3.05, 3.63) is 54.6 Å². The Morgan fingerprint density at radius 3 is 2.03 bits per heavy atom. The molecule has 0 amide bonds. The minimum absolute atomic E-state index is 0.000461. The number of rotatable bonds is 9. The molecule has 0 aromatic heterocycles. The van der Waals surface area contributed by atoms with Gasteiger partial charge < -0.3 is 18.8 Å². The highest BCUT2D eigenvalue weighted by molar-refractivity contribution is 7.36. The molecular formula is C19H21F3NO6P. The number of hydrogen-bond donors (Lipinski definition) is 0. The third-order valence-corrected chi connectivity index (χ3v) is 4.68. The van der Waals surface area contributed by atoms with Gasteiger partial charge in [0.2, 0.25) is 0 Å². The van der Waals surface area contributed by atoms with E-state index in [1.807, 2.05) is 0 Å². The van der Waals surface area contributed by atoms with Crippen LogP contribution < -0.4 is 14.1 Å². The summed E-state index contributed by atoms with van der Waals surface area (Å²) in [5.74, 6) is -0.838. The monoisotopic (exact) mass is 447 g/mol. The van der Waals surface area contributed by atoms with E-state index in [2.05, 4.69) is 4.74 Å². The first kappa shape index (κ1) is 23.6. The molecule has 0 bridgehead atoms. The Morgan fingerprint density at radius 1 is 0.933 bits per heavy atom. The lowest BCUT2D eigenvalue weighted by Crippen LogP contribution is -2.39. The Labute approximate surface area is 172 Å². The minimum Gasteiger partial charge on any atom is -0.462 e. The summed E-state index contributed by atoms with van der Waals surface area (Å²) < 4.78 is 63.8. The van der Waals surface area contributed by atoms with Crippen LogP contribution in [0.3, 0.4) is 0 Å². The van der Waals surface area contributed by atoms with Gasteiger partial charge >= 0.3 is 20.5 Å². The van der Waals surface area contributed by atoms with Gasteiger partial charge in [-0.3, -0.25) is 9.36 Å². The normalized spacial score (nSPS) is 13.6. The minimum atomic E-state index is -4.83. The van der Waals surface area contributed by atoms with Gasteiger partial charge in [0.1, 0.15) is 17.2 Å². The lowest BCUT2D eigenvalue weighted by molar-refractivity contribution is -0.274. The molecule has 0 aliphatic rings. The van der Waals surface area contributed by atoms with Gasteiger partial charge in [-0.25, -0.2) is 0 Å². The molecule has 0 heterocycles. The highest BCUT2D eigenvalue weighted by Gasteiger charge is 2.32. The van der Waals surface area contributed by atoms with Crippen molar-refractivity contribution < 1.29 is 41.4 Å². The van der Waals surface area contributed by atoms with Crippen molar-refractivity contribution in [2.45, 2.75) is 39.3 Å². The van der Waals surface area contributed by atoms with Crippen molar-refractivity contribution in [1.29, 1.82) is 0 Å². The maximum Gasteiger partial charge on any atom is 0.573 e. The first-order valence-electron chi connectivity index (χ1n) is 8.85. The largest absolute Gasteiger partial charge is 0.573 e. The van der Waals surface area contributed by atoms with Crippen LogP contribution in [0.15, 0.2) is 54.6 Å². The van der Waals surface area contributed by atoms with E-state index >= 15 is 0 Å². The van der Waals surface area contributed by atoms with Crippen molar-refractivity contribution in [3.8, 4) is 17.2 Å². The number of ether oxygens (including phenoxy) is 2. The SMILES string of the molecule is CC(C)OC(=O)C(C)N(Oc1ccccc1)[PH](=O)Oc1ccc(OC(F)(F)F)cc1. The quantitative estimate of drug-likeness (QED) is 0.305. The van der Waals surface area contributed by atoms with Crippen molar-refractivity contribution >= 4 is 14.1 Å². The Morgan fingerprint density at radius 2 is 1.50 bits per heavy atom. The van der Waals surface area contributed by atoms with E-state index in [1.54, 1.807) is 44.2 Å². The second kappa shape index (κ2) is 10.4. The van der Waals surface area contributed by atoms with Gasteiger partial charge in [0.15, 0.2) is 6.04 Å². The van der Waals surface area contributed by atoms with Crippen LogP contribution in [-0.4, -0.2) is 29.3 Å². The Kier molecular flexibility index (Phi) is 8.14. The number of alkyl halides is 3. The van der Waals surface area contributed by atoms with Gasteiger partial charge in [-0.15, -0.1) is 13.2 Å². The van der Waals surface area contributed by atoms with Crippen LogP contribution in [0.1, 0.15) is 20.8 Å². The maximum atomic E-state index is 12.8. The summed E-state index contributed by atoms with van der Waals surface area (Å²) in [6, 6.07) is 11.5. The number of para-hydroxylation sites is 1. The zero-order chi connectivity index (χ0) is 22.3. The predicted octanol–water partition coefficient (Wildman–Crippen LogP) is 4.99. The Hall–Kier alpha value is -2.71. The van der Waals surface area contributed by atoms with Gasteiger partial charge in [0.05, 0.1) is 6.10 Å². The van der Waals surface area contributed by atoms with Gasteiger partial charge in [-0.05, 0) is 62.0 Å². The molecule has 2 aromatic carbocycles. The molecule has 0 spiro atoms. The number of halogens is 3. The van der Waals surface area contributed by atoms with Crippen molar-refractivity contribution in [1.82, 2.24) is 4.83 Å². The van der Waals surface area contributed by atoms with Crippen LogP contribution in [-0.2, 0) is 14.1 Å². The van der Waals surface area contributed by atoms with E-state index in [0.29, 0.717) is 5.75 Å². The van der Waals surface area contributed by atoms with Gasteiger partial charge in [0, 0.05) is 0 Å². The zero-order valence-electron chi connectivity index (χ0n) is 16.4. The standard InChI is InChI=1S/C19H21F3NO6P/c1-13(2)26-18(24)14(3)23(28-16-7-5-4-6-8-16)30(25)29-17-11-9-15(10-12-17)27-19(20,21)22/h4-14,30H,1-3H3. The molecule has 0 fully saturated rings. The number of esters is 1. The predicted molar refractivity (Wildman–Crippen MR) is 102 cm³/mol. The van der Waals surface area contributed by atoms with Crippen molar-refractivity contribution in [3.63, 3.8) is 0 Å². The fourth-order valence-electron chi connectivity index (χ4n) is 2.15. The summed E-state index contributed by atoms with van der Waals surface area (Å²) in [4.78, 5) is 18.7. The number of carbonyl (C=O) groups excluding carboxylic acids is 1. The molecule has 0 N–H and O–H groups in total. The first-order valence-corrected chi connectivity index (χ1v) is 10.1. The highest BCUT2D eigenvalue weighted by Crippen LogP contribution is 2.35. The summed E-state index contributed by atoms with van der Waals surface area (Å²) in [7, 11) is -3.21. The third kappa shape index (κ3) is 7.61. The summed E-state index contributed by atoms with van der Waals surface area (Å²) >= 11 is 0. The number of carbonyl (C=O) groups is 1. The summed E-state index contributed by atoms with van der Waals surface area (Å²) in [5, 5.41) is 0. The molecule has 2 unspecified atom stereocenters. The molecule has 164 valence electrons. The molecular weight excluding hydrogens is 426 g/mol. The molecule has 30 heavy (non-hydrogen) atoms. The van der Waals surface area contributed by atoms with Crippen LogP contribution in [0.4, 0.5) is 13.2 Å². The van der Waals surface area contributed by atoms with Crippen molar-refractivity contribution in [2.24, 2.45) is 0 Å². The second-order valence-corrected chi connectivity index (χ2v) is 7.46. The average molecular weight is 447 g/mol. The summed E-state index contributed by atoms with van der Waals surface area (Å²) in [6.07, 6.45) is -5.23. The van der Waals surface area contributed by atoms with Crippen LogP contribution in [0, 0.1) is 0 Å². The summed E-state index contributed by atoms with van der Waals surface area (Å²) in [5.41, 5.74) is 0. The maximum absolute atomic E-state index is 12.8. The zero-order valence-corrected chi connectivity index (χ0v) is 17.4. The number of hydroxylamine groups is 1. The number of benzene rings is 2. The number of hydrogen-bond acceptors (Lipinski definition) is 6. The molecule has 11 heteroatoms. The molecule has 2 atom stereocenters. The van der Waals surface area contributed by atoms with Crippen molar-refractivity contribution in [2.75, 3.05) is 0 Å². The second-order valence-electron chi connectivity index (χ2n) is 6.28. The lowest BCUT2D eigenvalue weighted by Gasteiger charge is -2.26. The first-order chi connectivity index (χ1) is 14.0. The van der Waals surface area contributed by atoms with E-state index in [0.717, 1.165) is 29.1 Å². The molecule has 0 saturated carbocycles. The molecule has 2 aromatic rings. The highest BCUT2D eigenvalue weighted by atomic mass is 31.1. The third-order valence-electron chi connectivity index (χ3n) is 3.43. The van der Waals surface area contributed by atoms with Gasteiger partial charge in [-0.1, -0.05) is 18.2 Å². The molecule has 0 aliphatic carbocycles. The van der Waals surface area contributed by atoms with Crippen LogP contribution in [0.2, 0.25) is 0 Å². The molecule has 0 saturated heterocycles. The smallest absolute Gasteiger partial charge is 0.462 e. The average Bonchev–Trinajstić information content (AvgIpc) is 2.66. The summed E-state index contributed by atoms with van der Waals surface area (Å²) in [6.45, 7) is 4.76. The van der Waals surface area contributed by atoms with E-state index in [9.17, 15) is 22.5 Å².